The van der Waals surface area contributed by atoms with Crippen molar-refractivity contribution in [3.8, 4) is 0 Å². The largest absolute Gasteiger partial charge is 0.396 e. The Kier molecular flexibility index (Phi) is 3.31. The van der Waals surface area contributed by atoms with Crippen molar-refractivity contribution in [3.63, 3.8) is 0 Å². The number of aliphatic hydroxyl groups is 1. The second-order valence-corrected chi connectivity index (χ2v) is 5.93. The molecule has 94 valence electrons. The molecule has 0 aromatic heterocycles. The Hall–Kier alpha value is -0.820. The molecule has 0 amide bonds. The van der Waals surface area contributed by atoms with Gasteiger partial charge in [0.05, 0.1) is 0 Å². The highest BCUT2D eigenvalue weighted by atomic mass is 16.3. The quantitative estimate of drug-likeness (QED) is 0.844. The summed E-state index contributed by atoms with van der Waals surface area (Å²) in [5, 5.41) is 9.62. The molecule has 0 saturated heterocycles. The van der Waals surface area contributed by atoms with Gasteiger partial charge in [-0.25, -0.2) is 0 Å². The number of hydrogen-bond acceptors (Lipinski definition) is 1. The van der Waals surface area contributed by atoms with Gasteiger partial charge < -0.3 is 5.11 Å². The highest BCUT2D eigenvalue weighted by Gasteiger charge is 2.37. The lowest BCUT2D eigenvalue weighted by atomic mass is 9.65. The standard InChI is InChI=1S/C16H24O/c1-11-8-12(2)14(4)15(13(11)3)9-16(10-17)6-5-7-16/h8,17H,5-7,9-10H2,1-4H3. The minimum atomic E-state index is 0.190. The zero-order valence-electron chi connectivity index (χ0n) is 11.6. The minimum absolute atomic E-state index is 0.190. The molecule has 0 radical (unpaired) electrons. The molecule has 0 heterocycles. The molecular weight excluding hydrogens is 208 g/mol. The van der Waals surface area contributed by atoms with E-state index in [0.717, 1.165) is 6.42 Å². The lowest BCUT2D eigenvalue weighted by Crippen LogP contribution is -2.36. The molecule has 1 fully saturated rings. The zero-order chi connectivity index (χ0) is 12.6. The van der Waals surface area contributed by atoms with E-state index < -0.39 is 0 Å². The Labute approximate surface area is 105 Å². The van der Waals surface area contributed by atoms with Crippen LogP contribution in [0.2, 0.25) is 0 Å². The molecule has 0 unspecified atom stereocenters. The normalized spacial score (nSPS) is 17.9. The second-order valence-electron chi connectivity index (χ2n) is 5.93. The first-order valence-corrected chi connectivity index (χ1v) is 6.66. The molecule has 1 saturated carbocycles. The van der Waals surface area contributed by atoms with Gasteiger partial charge in [0.25, 0.3) is 0 Å². The van der Waals surface area contributed by atoms with Gasteiger partial charge in [0.1, 0.15) is 0 Å². The van der Waals surface area contributed by atoms with E-state index in [0.29, 0.717) is 6.61 Å². The summed E-state index contributed by atoms with van der Waals surface area (Å²) in [7, 11) is 0. The molecule has 1 nitrogen and oxygen atoms in total. The molecule has 1 aliphatic rings. The fraction of sp³-hybridized carbons (Fsp3) is 0.625. The van der Waals surface area contributed by atoms with Crippen molar-refractivity contribution in [3.05, 3.63) is 33.9 Å². The van der Waals surface area contributed by atoms with Crippen LogP contribution in [0.25, 0.3) is 0 Å². The number of benzene rings is 1. The third-order valence-corrected chi connectivity index (χ3v) is 4.82. The van der Waals surface area contributed by atoms with Crippen molar-refractivity contribution in [1.82, 2.24) is 0 Å². The van der Waals surface area contributed by atoms with Crippen LogP contribution >= 0.6 is 0 Å². The van der Waals surface area contributed by atoms with Crippen LogP contribution in [-0.2, 0) is 6.42 Å². The maximum absolute atomic E-state index is 9.62. The molecular formula is C16H24O. The van der Waals surface area contributed by atoms with E-state index in [4.69, 9.17) is 0 Å². The third kappa shape index (κ3) is 2.13. The summed E-state index contributed by atoms with van der Waals surface area (Å²) in [5.74, 6) is 0. The topological polar surface area (TPSA) is 20.2 Å². The molecule has 1 heteroatoms. The van der Waals surface area contributed by atoms with Crippen LogP contribution in [0.15, 0.2) is 6.07 Å². The fourth-order valence-corrected chi connectivity index (χ4v) is 3.01. The maximum atomic E-state index is 9.62. The molecule has 1 aromatic rings. The van der Waals surface area contributed by atoms with E-state index in [-0.39, 0.29) is 5.41 Å². The van der Waals surface area contributed by atoms with Crippen LogP contribution in [0.3, 0.4) is 0 Å². The van der Waals surface area contributed by atoms with Gasteiger partial charge in [-0.15, -0.1) is 0 Å². The smallest absolute Gasteiger partial charge is 0.0490 e. The summed E-state index contributed by atoms with van der Waals surface area (Å²) in [6.45, 7) is 9.18. The summed E-state index contributed by atoms with van der Waals surface area (Å²) in [6, 6.07) is 2.28. The summed E-state index contributed by atoms with van der Waals surface area (Å²) < 4.78 is 0. The summed E-state index contributed by atoms with van der Waals surface area (Å²) in [5.41, 5.74) is 7.29. The van der Waals surface area contributed by atoms with Crippen LogP contribution in [0.1, 0.15) is 47.1 Å². The van der Waals surface area contributed by atoms with Crippen LogP contribution in [-0.4, -0.2) is 11.7 Å². The van der Waals surface area contributed by atoms with Gasteiger partial charge in [-0.1, -0.05) is 12.5 Å². The first-order chi connectivity index (χ1) is 7.99. The van der Waals surface area contributed by atoms with Crippen molar-refractivity contribution in [2.75, 3.05) is 6.61 Å². The zero-order valence-corrected chi connectivity index (χ0v) is 11.6. The summed E-state index contributed by atoms with van der Waals surface area (Å²) in [4.78, 5) is 0. The van der Waals surface area contributed by atoms with Crippen molar-refractivity contribution >= 4 is 0 Å². The van der Waals surface area contributed by atoms with Crippen molar-refractivity contribution in [2.45, 2.75) is 53.4 Å². The van der Waals surface area contributed by atoms with Crippen LogP contribution in [0, 0.1) is 33.1 Å². The van der Waals surface area contributed by atoms with E-state index in [2.05, 4.69) is 33.8 Å². The predicted octanol–water partition coefficient (Wildman–Crippen LogP) is 3.63. The molecule has 0 spiro atoms. The first-order valence-electron chi connectivity index (χ1n) is 6.66. The average Bonchev–Trinajstić information content (AvgIpc) is 2.25. The number of hydrogen-bond donors (Lipinski definition) is 1. The average molecular weight is 232 g/mol. The molecule has 17 heavy (non-hydrogen) atoms. The molecule has 1 aromatic carbocycles. The van der Waals surface area contributed by atoms with Gasteiger partial charge in [0.15, 0.2) is 0 Å². The second kappa shape index (κ2) is 4.45. The van der Waals surface area contributed by atoms with E-state index in [1.165, 1.54) is 47.1 Å². The van der Waals surface area contributed by atoms with Gasteiger partial charge in [-0.05, 0) is 80.2 Å². The highest BCUT2D eigenvalue weighted by Crippen LogP contribution is 2.44. The van der Waals surface area contributed by atoms with Gasteiger partial charge in [0.2, 0.25) is 0 Å². The maximum Gasteiger partial charge on any atom is 0.0490 e. The van der Waals surface area contributed by atoms with E-state index in [1.54, 1.807) is 0 Å². The Morgan fingerprint density at radius 2 is 1.59 bits per heavy atom. The van der Waals surface area contributed by atoms with Gasteiger partial charge >= 0.3 is 0 Å². The number of rotatable bonds is 3. The summed E-state index contributed by atoms with van der Waals surface area (Å²) in [6.07, 6.45) is 4.72. The van der Waals surface area contributed by atoms with Crippen LogP contribution in [0.4, 0.5) is 0 Å². The summed E-state index contributed by atoms with van der Waals surface area (Å²) >= 11 is 0. The molecule has 0 aliphatic heterocycles. The van der Waals surface area contributed by atoms with Crippen molar-refractivity contribution < 1.29 is 5.11 Å². The Morgan fingerprint density at radius 1 is 1.06 bits per heavy atom. The monoisotopic (exact) mass is 232 g/mol. The van der Waals surface area contributed by atoms with E-state index in [9.17, 15) is 5.11 Å². The van der Waals surface area contributed by atoms with Crippen molar-refractivity contribution in [2.24, 2.45) is 5.41 Å². The first kappa shape index (κ1) is 12.6. The van der Waals surface area contributed by atoms with E-state index in [1.807, 2.05) is 0 Å². The van der Waals surface area contributed by atoms with E-state index >= 15 is 0 Å². The van der Waals surface area contributed by atoms with Gasteiger partial charge in [0, 0.05) is 6.61 Å². The fourth-order valence-electron chi connectivity index (χ4n) is 3.01. The Balaban J connectivity index is 2.38. The van der Waals surface area contributed by atoms with Crippen molar-refractivity contribution in [1.29, 1.82) is 0 Å². The highest BCUT2D eigenvalue weighted by molar-refractivity contribution is 5.44. The van der Waals surface area contributed by atoms with Gasteiger partial charge in [-0.2, -0.15) is 0 Å². The predicted molar refractivity (Wildman–Crippen MR) is 72.5 cm³/mol. The van der Waals surface area contributed by atoms with Crippen LogP contribution in [0.5, 0.6) is 0 Å². The Morgan fingerprint density at radius 3 is 1.94 bits per heavy atom. The molecule has 2 rings (SSSR count). The molecule has 0 atom stereocenters. The third-order valence-electron chi connectivity index (χ3n) is 4.82. The molecule has 1 aliphatic carbocycles. The lowest BCUT2D eigenvalue weighted by Gasteiger charge is -2.41. The number of aliphatic hydroxyl groups excluding tert-OH is 1. The van der Waals surface area contributed by atoms with Crippen LogP contribution < -0.4 is 0 Å². The molecule has 1 N–H and O–H groups in total. The number of aryl methyl sites for hydroxylation is 2. The Bertz CT molecular complexity index is 396. The van der Waals surface area contributed by atoms with Gasteiger partial charge in [-0.3, -0.25) is 0 Å². The lowest BCUT2D eigenvalue weighted by molar-refractivity contribution is 0.0447. The SMILES string of the molecule is Cc1cc(C)c(C)c(CC2(CO)CCC2)c1C. The molecule has 0 bridgehead atoms. The minimum Gasteiger partial charge on any atom is -0.396 e.